The molecule has 0 saturated heterocycles. The quantitative estimate of drug-likeness (QED) is 0.691. The maximum atomic E-state index is 5.82. The van der Waals surface area contributed by atoms with Crippen molar-refractivity contribution in [2.75, 3.05) is 0 Å². The summed E-state index contributed by atoms with van der Waals surface area (Å²) in [6.07, 6.45) is 5.47. The number of rotatable bonds is 1. The van der Waals surface area contributed by atoms with Crippen LogP contribution in [0.5, 0.6) is 0 Å². The Balaban J connectivity index is 2.19. The van der Waals surface area contributed by atoms with Gasteiger partial charge in [0.15, 0.2) is 0 Å². The third kappa shape index (κ3) is 1.99. The molecule has 1 aromatic rings. The minimum Gasteiger partial charge on any atom is -0.327 e. The van der Waals surface area contributed by atoms with Crippen molar-refractivity contribution in [3.63, 3.8) is 0 Å². The van der Waals surface area contributed by atoms with E-state index in [9.17, 15) is 0 Å². The van der Waals surface area contributed by atoms with E-state index < -0.39 is 0 Å². The largest absolute Gasteiger partial charge is 0.327 e. The van der Waals surface area contributed by atoms with Gasteiger partial charge >= 0.3 is 0 Å². The predicted octanol–water partition coefficient (Wildman–Crippen LogP) is 2.38. The highest BCUT2D eigenvalue weighted by Crippen LogP contribution is 2.25. The molecule has 0 saturated carbocycles. The first-order chi connectivity index (χ1) is 6.36. The van der Waals surface area contributed by atoms with E-state index in [-0.39, 0.29) is 0 Å². The van der Waals surface area contributed by atoms with Crippen molar-refractivity contribution in [2.24, 2.45) is 5.73 Å². The zero-order valence-electron chi connectivity index (χ0n) is 7.66. The van der Waals surface area contributed by atoms with Gasteiger partial charge in [-0.2, -0.15) is 0 Å². The molecule has 1 unspecified atom stereocenters. The first kappa shape index (κ1) is 8.52. The van der Waals surface area contributed by atoms with Crippen LogP contribution in [0, 0.1) is 6.07 Å². The molecule has 13 heavy (non-hydrogen) atoms. The number of benzene rings is 1. The first-order valence-electron chi connectivity index (χ1n) is 4.78. The molecule has 2 N–H and O–H groups in total. The van der Waals surface area contributed by atoms with Gasteiger partial charge in [0, 0.05) is 6.04 Å². The van der Waals surface area contributed by atoms with E-state index in [1.807, 2.05) is 12.1 Å². The standard InChI is InChI=1S/C12H14N/c13-12-8-6-11(7-9-12)10-4-2-1-3-5-10/h1-4,6,12H,7-9,13H2. The lowest BCUT2D eigenvalue weighted by molar-refractivity contribution is 0.614. The Hall–Kier alpha value is -1.08. The third-order valence-electron chi connectivity index (χ3n) is 2.51. The second kappa shape index (κ2) is 3.75. The smallest absolute Gasteiger partial charge is 0.00767 e. The molecule has 67 valence electrons. The second-order valence-corrected chi connectivity index (χ2v) is 3.54. The van der Waals surface area contributed by atoms with Crippen LogP contribution in [0.25, 0.3) is 5.57 Å². The molecule has 1 atom stereocenters. The van der Waals surface area contributed by atoms with Crippen molar-refractivity contribution in [3.05, 3.63) is 42.0 Å². The number of hydrogen-bond donors (Lipinski definition) is 1. The number of nitrogens with two attached hydrogens (primary N) is 1. The van der Waals surface area contributed by atoms with Gasteiger partial charge in [0.2, 0.25) is 0 Å². The molecule has 1 aliphatic rings. The molecular formula is C12H14N. The lowest BCUT2D eigenvalue weighted by Crippen LogP contribution is -2.21. The van der Waals surface area contributed by atoms with Crippen molar-refractivity contribution in [1.29, 1.82) is 0 Å². The molecule has 0 heterocycles. The summed E-state index contributed by atoms with van der Waals surface area (Å²) < 4.78 is 0. The van der Waals surface area contributed by atoms with Crippen molar-refractivity contribution in [3.8, 4) is 0 Å². The molecule has 1 radical (unpaired) electrons. The molecule has 1 aliphatic carbocycles. The molecule has 1 nitrogen and oxygen atoms in total. The molecule has 0 fully saturated rings. The minimum atomic E-state index is 0.368. The molecule has 2 rings (SSSR count). The van der Waals surface area contributed by atoms with Crippen molar-refractivity contribution >= 4 is 5.57 Å². The third-order valence-corrected chi connectivity index (χ3v) is 2.51. The average Bonchev–Trinajstić information content (AvgIpc) is 2.20. The van der Waals surface area contributed by atoms with Crippen molar-refractivity contribution in [2.45, 2.75) is 25.3 Å². The van der Waals surface area contributed by atoms with Crippen molar-refractivity contribution in [1.82, 2.24) is 0 Å². The summed E-state index contributed by atoms with van der Waals surface area (Å²) in [4.78, 5) is 0. The summed E-state index contributed by atoms with van der Waals surface area (Å²) in [6.45, 7) is 0. The fraction of sp³-hybridized carbons (Fsp3) is 0.333. The molecule has 0 spiro atoms. The lowest BCUT2D eigenvalue weighted by Gasteiger charge is -2.18. The van der Waals surface area contributed by atoms with E-state index in [1.165, 1.54) is 11.1 Å². The van der Waals surface area contributed by atoms with Crippen LogP contribution in [0.1, 0.15) is 24.8 Å². The summed E-state index contributed by atoms with van der Waals surface area (Å²) in [5, 5.41) is 0. The van der Waals surface area contributed by atoms with Crippen LogP contribution in [-0.4, -0.2) is 6.04 Å². The Labute approximate surface area is 79.3 Å². The molecule has 0 aliphatic heterocycles. The van der Waals surface area contributed by atoms with Crippen LogP contribution in [0.4, 0.5) is 0 Å². The van der Waals surface area contributed by atoms with Gasteiger partial charge in [-0.1, -0.05) is 30.3 Å². The highest BCUT2D eigenvalue weighted by atomic mass is 14.6. The summed E-state index contributed by atoms with van der Waals surface area (Å²) in [7, 11) is 0. The topological polar surface area (TPSA) is 26.0 Å². The van der Waals surface area contributed by atoms with Gasteiger partial charge in [0.05, 0.1) is 0 Å². The van der Waals surface area contributed by atoms with E-state index in [4.69, 9.17) is 5.73 Å². The SMILES string of the molecule is NC1CC=C(c2[c]cccc2)CC1. The Morgan fingerprint density at radius 1 is 1.38 bits per heavy atom. The van der Waals surface area contributed by atoms with Gasteiger partial charge in [-0.25, -0.2) is 0 Å². The Kier molecular flexibility index (Phi) is 2.46. The summed E-state index contributed by atoms with van der Waals surface area (Å²) in [5.74, 6) is 0. The van der Waals surface area contributed by atoms with Gasteiger partial charge < -0.3 is 5.73 Å². The summed E-state index contributed by atoms with van der Waals surface area (Å²) in [5.41, 5.74) is 8.46. The van der Waals surface area contributed by atoms with Crippen LogP contribution < -0.4 is 5.73 Å². The van der Waals surface area contributed by atoms with Crippen LogP contribution >= 0.6 is 0 Å². The van der Waals surface area contributed by atoms with E-state index in [0.717, 1.165) is 19.3 Å². The zero-order valence-corrected chi connectivity index (χ0v) is 7.66. The van der Waals surface area contributed by atoms with Crippen LogP contribution in [0.15, 0.2) is 30.3 Å². The Bertz CT molecular complexity index is 300. The maximum absolute atomic E-state index is 5.82. The number of hydrogen-bond acceptors (Lipinski definition) is 1. The van der Waals surface area contributed by atoms with E-state index >= 15 is 0 Å². The minimum absolute atomic E-state index is 0.368. The average molecular weight is 172 g/mol. The molecular weight excluding hydrogens is 158 g/mol. The normalized spacial score (nSPS) is 22.5. The zero-order chi connectivity index (χ0) is 9.10. The van der Waals surface area contributed by atoms with Gasteiger partial charge in [0.25, 0.3) is 0 Å². The highest BCUT2D eigenvalue weighted by molar-refractivity contribution is 5.65. The number of allylic oxidation sites excluding steroid dienone is 1. The van der Waals surface area contributed by atoms with Gasteiger partial charge in [-0.05, 0) is 36.5 Å². The van der Waals surface area contributed by atoms with Gasteiger partial charge in [-0.3, -0.25) is 0 Å². The summed E-state index contributed by atoms with van der Waals surface area (Å²) >= 11 is 0. The lowest BCUT2D eigenvalue weighted by atomic mass is 9.91. The van der Waals surface area contributed by atoms with Crippen LogP contribution in [0.2, 0.25) is 0 Å². The molecule has 0 amide bonds. The van der Waals surface area contributed by atoms with Crippen LogP contribution in [0.3, 0.4) is 0 Å². The fourth-order valence-corrected chi connectivity index (χ4v) is 1.69. The van der Waals surface area contributed by atoms with Crippen LogP contribution in [-0.2, 0) is 0 Å². The molecule has 0 aromatic heterocycles. The summed E-state index contributed by atoms with van der Waals surface area (Å²) in [6, 6.07) is 11.7. The highest BCUT2D eigenvalue weighted by Gasteiger charge is 2.10. The predicted molar refractivity (Wildman–Crippen MR) is 55.1 cm³/mol. The first-order valence-corrected chi connectivity index (χ1v) is 4.78. The second-order valence-electron chi connectivity index (χ2n) is 3.54. The Morgan fingerprint density at radius 3 is 2.92 bits per heavy atom. The van der Waals surface area contributed by atoms with Gasteiger partial charge in [-0.15, -0.1) is 0 Å². The fourth-order valence-electron chi connectivity index (χ4n) is 1.69. The van der Waals surface area contributed by atoms with E-state index in [1.54, 1.807) is 0 Å². The van der Waals surface area contributed by atoms with E-state index in [2.05, 4.69) is 24.3 Å². The monoisotopic (exact) mass is 172 g/mol. The molecule has 1 heteroatoms. The maximum Gasteiger partial charge on any atom is 0.00767 e. The van der Waals surface area contributed by atoms with E-state index in [0.29, 0.717) is 6.04 Å². The molecule has 0 bridgehead atoms. The molecule has 1 aromatic carbocycles. The Morgan fingerprint density at radius 2 is 2.31 bits per heavy atom. The van der Waals surface area contributed by atoms with Gasteiger partial charge in [0.1, 0.15) is 0 Å². The van der Waals surface area contributed by atoms with Crippen molar-refractivity contribution < 1.29 is 0 Å².